The van der Waals surface area contributed by atoms with Crippen LogP contribution in [0.1, 0.15) is 38.4 Å². The molecular formula is C17H25N3O. The van der Waals surface area contributed by atoms with Gasteiger partial charge in [-0.2, -0.15) is 5.10 Å². The average molecular weight is 287 g/mol. The highest BCUT2D eigenvalue weighted by Gasteiger charge is 2.25. The van der Waals surface area contributed by atoms with Crippen LogP contribution in [-0.4, -0.2) is 29.5 Å². The van der Waals surface area contributed by atoms with Gasteiger partial charge in [-0.25, -0.2) is 4.68 Å². The Bertz CT molecular complexity index is 524. The zero-order chi connectivity index (χ0) is 15.1. The van der Waals surface area contributed by atoms with Gasteiger partial charge in [0, 0.05) is 13.3 Å². The van der Waals surface area contributed by atoms with Crippen LogP contribution in [0, 0.1) is 0 Å². The molecule has 2 atom stereocenters. The summed E-state index contributed by atoms with van der Waals surface area (Å²) in [7, 11) is 1.79. The third kappa shape index (κ3) is 3.71. The Morgan fingerprint density at radius 3 is 2.57 bits per heavy atom. The molecule has 1 heterocycles. The van der Waals surface area contributed by atoms with E-state index in [1.54, 1.807) is 7.11 Å². The lowest BCUT2D eigenvalue weighted by Crippen LogP contribution is -2.34. The van der Waals surface area contributed by atoms with Gasteiger partial charge in [-0.3, -0.25) is 0 Å². The number of nitrogens with one attached hydrogen (secondary N) is 1. The first-order chi connectivity index (χ1) is 10.3. The second-order valence-electron chi connectivity index (χ2n) is 5.10. The molecule has 0 fully saturated rings. The lowest BCUT2D eigenvalue weighted by atomic mass is 10.0. The Morgan fingerprint density at radius 2 is 1.95 bits per heavy atom. The molecule has 2 unspecified atom stereocenters. The largest absolute Gasteiger partial charge is 0.379 e. The maximum Gasteiger partial charge on any atom is 0.0781 e. The van der Waals surface area contributed by atoms with E-state index in [0.717, 1.165) is 30.8 Å². The molecular weight excluding hydrogens is 262 g/mol. The number of para-hydroxylation sites is 1. The molecule has 1 aromatic heterocycles. The second kappa shape index (κ2) is 7.96. The van der Waals surface area contributed by atoms with E-state index in [2.05, 4.69) is 42.5 Å². The molecule has 0 aliphatic heterocycles. The van der Waals surface area contributed by atoms with Crippen LogP contribution in [-0.2, 0) is 4.74 Å². The van der Waals surface area contributed by atoms with E-state index in [1.165, 1.54) is 0 Å². The number of hydrogen-bond acceptors (Lipinski definition) is 3. The van der Waals surface area contributed by atoms with Gasteiger partial charge in [-0.1, -0.05) is 38.5 Å². The summed E-state index contributed by atoms with van der Waals surface area (Å²) >= 11 is 0. The summed E-state index contributed by atoms with van der Waals surface area (Å²) in [5.41, 5.74) is 2.22. The van der Waals surface area contributed by atoms with Crippen molar-refractivity contribution in [2.24, 2.45) is 0 Å². The minimum atomic E-state index is 0.141. The van der Waals surface area contributed by atoms with Crippen molar-refractivity contribution in [2.45, 2.75) is 38.8 Å². The van der Waals surface area contributed by atoms with E-state index in [-0.39, 0.29) is 12.1 Å². The van der Waals surface area contributed by atoms with Gasteiger partial charge in [-0.15, -0.1) is 0 Å². The Morgan fingerprint density at radius 1 is 1.19 bits per heavy atom. The van der Waals surface area contributed by atoms with E-state index in [1.807, 2.05) is 29.1 Å². The van der Waals surface area contributed by atoms with Gasteiger partial charge in [-0.05, 0) is 31.2 Å². The van der Waals surface area contributed by atoms with Crippen LogP contribution in [0.3, 0.4) is 0 Å². The lowest BCUT2D eigenvalue weighted by molar-refractivity contribution is 0.0591. The Hall–Kier alpha value is -1.65. The van der Waals surface area contributed by atoms with Gasteiger partial charge in [0.05, 0.1) is 23.5 Å². The summed E-state index contributed by atoms with van der Waals surface area (Å²) in [6, 6.07) is 12.4. The first-order valence-corrected chi connectivity index (χ1v) is 7.67. The Labute approximate surface area is 127 Å². The van der Waals surface area contributed by atoms with Crippen molar-refractivity contribution in [1.82, 2.24) is 15.1 Å². The van der Waals surface area contributed by atoms with E-state index >= 15 is 0 Å². The molecule has 4 nitrogen and oxygen atoms in total. The van der Waals surface area contributed by atoms with Gasteiger partial charge in [0.1, 0.15) is 0 Å². The molecule has 4 heteroatoms. The van der Waals surface area contributed by atoms with Gasteiger partial charge >= 0.3 is 0 Å². The lowest BCUT2D eigenvalue weighted by Gasteiger charge is -2.27. The summed E-state index contributed by atoms with van der Waals surface area (Å²) in [5, 5.41) is 8.03. The SMILES string of the molecule is CCCC(OC)C(NCC)c1ccnn1-c1ccccc1. The molecule has 0 amide bonds. The molecule has 0 aliphatic carbocycles. The molecule has 0 radical (unpaired) electrons. The van der Waals surface area contributed by atoms with Gasteiger partial charge in [0.2, 0.25) is 0 Å². The zero-order valence-corrected chi connectivity index (χ0v) is 13.1. The van der Waals surface area contributed by atoms with E-state index in [0.29, 0.717) is 0 Å². The molecule has 2 aromatic rings. The minimum absolute atomic E-state index is 0.141. The Kier molecular flexibility index (Phi) is 5.96. The number of aromatic nitrogens is 2. The van der Waals surface area contributed by atoms with Gasteiger partial charge in [0.15, 0.2) is 0 Å². The van der Waals surface area contributed by atoms with Crippen LogP contribution in [0.15, 0.2) is 42.6 Å². The number of rotatable bonds is 8. The van der Waals surface area contributed by atoms with E-state index in [9.17, 15) is 0 Å². The molecule has 114 valence electrons. The summed E-state index contributed by atoms with van der Waals surface area (Å²) in [6.07, 6.45) is 4.12. The smallest absolute Gasteiger partial charge is 0.0781 e. The highest BCUT2D eigenvalue weighted by Crippen LogP contribution is 2.24. The van der Waals surface area contributed by atoms with Crippen LogP contribution < -0.4 is 5.32 Å². The fraction of sp³-hybridized carbons (Fsp3) is 0.471. The average Bonchev–Trinajstić information content (AvgIpc) is 3.01. The maximum atomic E-state index is 5.72. The minimum Gasteiger partial charge on any atom is -0.379 e. The first-order valence-electron chi connectivity index (χ1n) is 7.67. The normalized spacial score (nSPS) is 14.0. The summed E-state index contributed by atoms with van der Waals surface area (Å²) < 4.78 is 7.71. The van der Waals surface area contributed by atoms with Gasteiger partial charge < -0.3 is 10.1 Å². The van der Waals surface area contributed by atoms with Crippen LogP contribution in [0.4, 0.5) is 0 Å². The molecule has 0 aliphatic rings. The number of ether oxygens (including phenoxy) is 1. The number of methoxy groups -OCH3 is 1. The molecule has 1 aromatic carbocycles. The Balaban J connectivity index is 2.35. The summed E-state index contributed by atoms with van der Waals surface area (Å²) in [4.78, 5) is 0. The fourth-order valence-corrected chi connectivity index (χ4v) is 2.69. The highest BCUT2D eigenvalue weighted by molar-refractivity contribution is 5.33. The number of benzene rings is 1. The van der Waals surface area contributed by atoms with Crippen molar-refractivity contribution in [3.63, 3.8) is 0 Å². The predicted octanol–water partition coefficient (Wildman–Crippen LogP) is 3.34. The quantitative estimate of drug-likeness (QED) is 0.809. The second-order valence-corrected chi connectivity index (χ2v) is 5.10. The standard InChI is InChI=1S/C17H25N3O/c1-4-9-16(21-3)17(18-5-2)15-12-13-19-20(15)14-10-7-6-8-11-14/h6-8,10-13,16-18H,4-5,9H2,1-3H3. The number of hydrogen-bond donors (Lipinski definition) is 1. The molecule has 2 rings (SSSR count). The molecule has 0 saturated carbocycles. The highest BCUT2D eigenvalue weighted by atomic mass is 16.5. The van der Waals surface area contributed by atoms with Crippen LogP contribution in [0.25, 0.3) is 5.69 Å². The van der Waals surface area contributed by atoms with Crippen LogP contribution in [0.5, 0.6) is 0 Å². The third-order valence-corrected chi connectivity index (χ3v) is 3.66. The maximum absolute atomic E-state index is 5.72. The molecule has 0 spiro atoms. The first kappa shape index (κ1) is 15.7. The van der Waals surface area contributed by atoms with E-state index in [4.69, 9.17) is 4.74 Å². The third-order valence-electron chi connectivity index (χ3n) is 3.66. The van der Waals surface area contributed by atoms with Crippen LogP contribution in [0.2, 0.25) is 0 Å². The number of likely N-dealkylation sites (N-methyl/N-ethyl adjacent to an activating group) is 1. The van der Waals surface area contributed by atoms with Crippen LogP contribution >= 0.6 is 0 Å². The molecule has 1 N–H and O–H groups in total. The van der Waals surface area contributed by atoms with Crippen molar-refractivity contribution in [1.29, 1.82) is 0 Å². The number of nitrogens with zero attached hydrogens (tertiary/aromatic N) is 2. The van der Waals surface area contributed by atoms with Crippen molar-refractivity contribution < 1.29 is 4.74 Å². The van der Waals surface area contributed by atoms with Crippen molar-refractivity contribution in [3.05, 3.63) is 48.3 Å². The fourth-order valence-electron chi connectivity index (χ4n) is 2.69. The van der Waals surface area contributed by atoms with Crippen molar-refractivity contribution in [3.8, 4) is 5.69 Å². The summed E-state index contributed by atoms with van der Waals surface area (Å²) in [6.45, 7) is 5.20. The van der Waals surface area contributed by atoms with Crippen molar-refractivity contribution in [2.75, 3.05) is 13.7 Å². The zero-order valence-electron chi connectivity index (χ0n) is 13.1. The van der Waals surface area contributed by atoms with Gasteiger partial charge in [0.25, 0.3) is 0 Å². The monoisotopic (exact) mass is 287 g/mol. The molecule has 21 heavy (non-hydrogen) atoms. The summed E-state index contributed by atoms with van der Waals surface area (Å²) in [5.74, 6) is 0. The topological polar surface area (TPSA) is 39.1 Å². The predicted molar refractivity (Wildman–Crippen MR) is 85.7 cm³/mol. The van der Waals surface area contributed by atoms with Crippen molar-refractivity contribution >= 4 is 0 Å². The molecule has 0 bridgehead atoms. The van der Waals surface area contributed by atoms with E-state index < -0.39 is 0 Å². The molecule has 0 saturated heterocycles.